The third-order valence-electron chi connectivity index (χ3n) is 2.98. The van der Waals surface area contributed by atoms with E-state index in [0.717, 1.165) is 6.54 Å². The molecule has 0 aliphatic carbocycles. The maximum absolute atomic E-state index is 13.6. The summed E-state index contributed by atoms with van der Waals surface area (Å²) in [6, 6.07) is 8.10. The van der Waals surface area contributed by atoms with Crippen molar-refractivity contribution in [1.29, 1.82) is 0 Å². The molecular formula is C15H16ClFN2OS. The summed E-state index contributed by atoms with van der Waals surface area (Å²) in [6.45, 7) is 3.64. The SMILES string of the molecule is CCN(CC(=O)Nc1cc(Cl)ccc1F)Cc1cccs1. The van der Waals surface area contributed by atoms with Gasteiger partial charge < -0.3 is 5.32 Å². The Morgan fingerprint density at radius 3 is 2.90 bits per heavy atom. The molecule has 0 saturated carbocycles. The molecule has 6 heteroatoms. The Bertz CT molecular complexity index is 604. The third kappa shape index (κ3) is 4.81. The highest BCUT2D eigenvalue weighted by Crippen LogP contribution is 2.19. The van der Waals surface area contributed by atoms with Gasteiger partial charge in [0.1, 0.15) is 5.82 Å². The van der Waals surface area contributed by atoms with Crippen LogP contribution in [-0.2, 0) is 11.3 Å². The Balaban J connectivity index is 1.95. The Morgan fingerprint density at radius 1 is 1.43 bits per heavy atom. The standard InChI is InChI=1S/C15H16ClFN2OS/c1-2-19(9-12-4-3-7-21-12)10-15(20)18-14-8-11(16)5-6-13(14)17/h3-8H,2,9-10H2,1H3,(H,18,20). The Labute approximate surface area is 132 Å². The minimum atomic E-state index is -0.492. The molecule has 0 saturated heterocycles. The van der Waals surface area contributed by atoms with Crippen LogP contribution in [0.3, 0.4) is 0 Å². The number of amides is 1. The van der Waals surface area contributed by atoms with Gasteiger partial charge in [0.2, 0.25) is 5.91 Å². The van der Waals surface area contributed by atoms with Gasteiger partial charge in [-0.1, -0.05) is 24.6 Å². The summed E-state index contributed by atoms with van der Waals surface area (Å²) in [4.78, 5) is 15.2. The van der Waals surface area contributed by atoms with Gasteiger partial charge >= 0.3 is 0 Å². The van der Waals surface area contributed by atoms with E-state index in [1.54, 1.807) is 11.3 Å². The van der Waals surface area contributed by atoms with Gasteiger partial charge in [-0.05, 0) is 36.2 Å². The van der Waals surface area contributed by atoms with E-state index < -0.39 is 5.82 Å². The zero-order valence-electron chi connectivity index (χ0n) is 11.6. The molecule has 1 N–H and O–H groups in total. The van der Waals surface area contributed by atoms with Crippen LogP contribution in [0, 0.1) is 5.82 Å². The number of likely N-dealkylation sites (N-methyl/N-ethyl adjacent to an activating group) is 1. The van der Waals surface area contributed by atoms with Crippen molar-refractivity contribution in [2.24, 2.45) is 0 Å². The lowest BCUT2D eigenvalue weighted by Crippen LogP contribution is -2.32. The molecule has 0 aliphatic heterocycles. The molecule has 0 spiro atoms. The van der Waals surface area contributed by atoms with E-state index in [1.165, 1.54) is 23.1 Å². The summed E-state index contributed by atoms with van der Waals surface area (Å²) < 4.78 is 13.6. The van der Waals surface area contributed by atoms with Crippen LogP contribution >= 0.6 is 22.9 Å². The number of nitrogens with one attached hydrogen (secondary N) is 1. The average molecular weight is 327 g/mol. The maximum Gasteiger partial charge on any atom is 0.238 e. The number of nitrogens with zero attached hydrogens (tertiary/aromatic N) is 1. The van der Waals surface area contributed by atoms with Crippen molar-refractivity contribution >= 4 is 34.5 Å². The topological polar surface area (TPSA) is 32.3 Å². The van der Waals surface area contributed by atoms with Gasteiger partial charge in [-0.3, -0.25) is 9.69 Å². The van der Waals surface area contributed by atoms with Crippen molar-refractivity contribution in [2.75, 3.05) is 18.4 Å². The molecule has 1 heterocycles. The predicted molar refractivity (Wildman–Crippen MR) is 85.3 cm³/mol. The van der Waals surface area contributed by atoms with Crippen molar-refractivity contribution in [3.8, 4) is 0 Å². The van der Waals surface area contributed by atoms with Crippen LogP contribution in [0.2, 0.25) is 5.02 Å². The lowest BCUT2D eigenvalue weighted by molar-refractivity contribution is -0.117. The summed E-state index contributed by atoms with van der Waals surface area (Å²) >= 11 is 7.45. The molecule has 0 unspecified atom stereocenters. The minimum absolute atomic E-state index is 0.111. The number of hydrogen-bond acceptors (Lipinski definition) is 3. The first-order chi connectivity index (χ1) is 10.1. The largest absolute Gasteiger partial charge is 0.322 e. The highest BCUT2D eigenvalue weighted by Gasteiger charge is 2.12. The molecule has 0 fully saturated rings. The molecule has 0 atom stereocenters. The fourth-order valence-corrected chi connectivity index (χ4v) is 2.81. The predicted octanol–water partition coefficient (Wildman–Crippen LogP) is 4.00. The van der Waals surface area contributed by atoms with Crippen LogP contribution in [-0.4, -0.2) is 23.9 Å². The number of carbonyl (C=O) groups excluding carboxylic acids is 1. The second-order valence-electron chi connectivity index (χ2n) is 4.55. The maximum atomic E-state index is 13.6. The quantitative estimate of drug-likeness (QED) is 0.870. The van der Waals surface area contributed by atoms with Gasteiger partial charge in [0, 0.05) is 16.4 Å². The molecule has 0 radical (unpaired) electrons. The zero-order valence-corrected chi connectivity index (χ0v) is 13.2. The van der Waals surface area contributed by atoms with Gasteiger partial charge in [-0.15, -0.1) is 11.3 Å². The summed E-state index contributed by atoms with van der Waals surface area (Å²) in [6.07, 6.45) is 0. The monoisotopic (exact) mass is 326 g/mol. The van der Waals surface area contributed by atoms with Gasteiger partial charge in [0.25, 0.3) is 0 Å². The average Bonchev–Trinajstić information content (AvgIpc) is 2.95. The number of halogens is 2. The van der Waals surface area contributed by atoms with Gasteiger partial charge in [-0.25, -0.2) is 4.39 Å². The van der Waals surface area contributed by atoms with Crippen LogP contribution < -0.4 is 5.32 Å². The van der Waals surface area contributed by atoms with E-state index in [-0.39, 0.29) is 18.1 Å². The van der Waals surface area contributed by atoms with E-state index in [0.29, 0.717) is 11.6 Å². The molecule has 1 aromatic heterocycles. The van der Waals surface area contributed by atoms with Crippen molar-refractivity contribution in [1.82, 2.24) is 4.90 Å². The smallest absolute Gasteiger partial charge is 0.238 e. The number of carbonyl (C=O) groups is 1. The minimum Gasteiger partial charge on any atom is -0.322 e. The van der Waals surface area contributed by atoms with Crippen LogP contribution in [0.5, 0.6) is 0 Å². The Morgan fingerprint density at radius 2 is 2.24 bits per heavy atom. The molecule has 0 bridgehead atoms. The van der Waals surface area contributed by atoms with E-state index in [9.17, 15) is 9.18 Å². The number of hydrogen-bond donors (Lipinski definition) is 1. The highest BCUT2D eigenvalue weighted by atomic mass is 35.5. The molecule has 3 nitrogen and oxygen atoms in total. The molecule has 21 heavy (non-hydrogen) atoms. The van der Waals surface area contributed by atoms with Crippen molar-refractivity contribution in [3.63, 3.8) is 0 Å². The van der Waals surface area contributed by atoms with E-state index >= 15 is 0 Å². The lowest BCUT2D eigenvalue weighted by Gasteiger charge is -2.19. The molecular weight excluding hydrogens is 311 g/mol. The lowest BCUT2D eigenvalue weighted by atomic mass is 10.3. The van der Waals surface area contributed by atoms with Crippen molar-refractivity contribution < 1.29 is 9.18 Å². The highest BCUT2D eigenvalue weighted by molar-refractivity contribution is 7.09. The molecule has 112 valence electrons. The van der Waals surface area contributed by atoms with Crippen LogP contribution in [0.25, 0.3) is 0 Å². The van der Waals surface area contributed by atoms with E-state index in [4.69, 9.17) is 11.6 Å². The van der Waals surface area contributed by atoms with Crippen LogP contribution in [0.15, 0.2) is 35.7 Å². The molecule has 2 aromatic rings. The Kier molecular flexibility index (Phi) is 5.73. The normalized spacial score (nSPS) is 10.9. The first kappa shape index (κ1) is 15.9. The van der Waals surface area contributed by atoms with Gasteiger partial charge in [0.15, 0.2) is 0 Å². The second-order valence-corrected chi connectivity index (χ2v) is 6.02. The number of thiophene rings is 1. The van der Waals surface area contributed by atoms with Crippen molar-refractivity contribution in [3.05, 3.63) is 51.4 Å². The molecule has 2 rings (SSSR count). The number of rotatable bonds is 6. The first-order valence-corrected chi connectivity index (χ1v) is 7.84. The van der Waals surface area contributed by atoms with Gasteiger partial charge in [0.05, 0.1) is 12.2 Å². The number of benzene rings is 1. The molecule has 1 aromatic carbocycles. The molecule has 0 aliphatic rings. The fraction of sp³-hybridized carbons (Fsp3) is 0.267. The first-order valence-electron chi connectivity index (χ1n) is 6.58. The van der Waals surface area contributed by atoms with Crippen molar-refractivity contribution in [2.45, 2.75) is 13.5 Å². The fourth-order valence-electron chi connectivity index (χ4n) is 1.89. The van der Waals surface area contributed by atoms with E-state index in [1.807, 2.05) is 29.3 Å². The second kappa shape index (κ2) is 7.54. The number of anilines is 1. The summed E-state index contributed by atoms with van der Waals surface area (Å²) in [5.74, 6) is -0.747. The summed E-state index contributed by atoms with van der Waals surface area (Å²) in [5, 5.41) is 4.95. The zero-order chi connectivity index (χ0) is 15.2. The summed E-state index contributed by atoms with van der Waals surface area (Å²) in [7, 11) is 0. The van der Waals surface area contributed by atoms with E-state index in [2.05, 4.69) is 5.32 Å². The van der Waals surface area contributed by atoms with Crippen LogP contribution in [0.4, 0.5) is 10.1 Å². The molecule has 1 amide bonds. The summed E-state index contributed by atoms with van der Waals surface area (Å²) in [5.41, 5.74) is 0.111. The third-order valence-corrected chi connectivity index (χ3v) is 4.07. The van der Waals surface area contributed by atoms with Gasteiger partial charge in [-0.2, -0.15) is 0 Å². The van der Waals surface area contributed by atoms with Crippen LogP contribution in [0.1, 0.15) is 11.8 Å². The Hall–Kier alpha value is -1.43.